The van der Waals surface area contributed by atoms with Gasteiger partial charge in [-0.15, -0.1) is 0 Å². The molecule has 0 aliphatic carbocycles. The Morgan fingerprint density at radius 2 is 1.93 bits per heavy atom. The van der Waals surface area contributed by atoms with Crippen molar-refractivity contribution in [2.45, 2.75) is 19.4 Å². The van der Waals surface area contributed by atoms with Crippen LogP contribution in [0.2, 0.25) is 0 Å². The molecule has 1 aromatic heterocycles. The van der Waals surface area contributed by atoms with E-state index < -0.39 is 0 Å². The molecule has 0 atom stereocenters. The normalized spacial score (nSPS) is 13.5. The van der Waals surface area contributed by atoms with Crippen molar-refractivity contribution in [3.05, 3.63) is 69.6 Å². The minimum absolute atomic E-state index is 0.207. The first kappa shape index (κ1) is 17.3. The number of hydrogen-bond donors (Lipinski definition) is 1. The Morgan fingerprint density at radius 3 is 2.74 bits per heavy atom. The van der Waals surface area contributed by atoms with Gasteiger partial charge in [0.1, 0.15) is 0 Å². The van der Waals surface area contributed by atoms with Crippen LogP contribution < -0.4 is 15.8 Å². The number of rotatable bonds is 3. The van der Waals surface area contributed by atoms with E-state index in [1.165, 1.54) is 15.9 Å². The first-order valence-corrected chi connectivity index (χ1v) is 9.12. The van der Waals surface area contributed by atoms with E-state index in [1.54, 1.807) is 31.3 Å². The maximum absolute atomic E-state index is 12.7. The minimum Gasteiger partial charge on any atom is -0.374 e. The number of carbonyl (C=O) groups is 1. The highest BCUT2D eigenvalue weighted by Crippen LogP contribution is 2.26. The van der Waals surface area contributed by atoms with Crippen molar-refractivity contribution in [3.63, 3.8) is 0 Å². The van der Waals surface area contributed by atoms with Crippen molar-refractivity contribution < 1.29 is 4.79 Å². The maximum Gasteiger partial charge on any atom is 0.274 e. The summed E-state index contributed by atoms with van der Waals surface area (Å²) in [6.45, 7) is 1.50. The summed E-state index contributed by atoms with van der Waals surface area (Å²) in [4.78, 5) is 27.2. The molecule has 0 fully saturated rings. The standard InChI is InChI=1S/C21H22N4O2/c1-24-11-5-6-15-12-14(9-10-18(15)24)13-22-20(26)19-16-7-3-4-8-17(16)21(27)25(2)23-19/h3-4,7-10,12H,5-6,11,13H2,1-2H3,(H,22,26). The van der Waals surface area contributed by atoms with Crippen molar-refractivity contribution in [1.82, 2.24) is 15.1 Å². The average Bonchev–Trinajstić information content (AvgIpc) is 2.69. The van der Waals surface area contributed by atoms with Crippen LogP contribution in [0, 0.1) is 0 Å². The molecule has 0 radical (unpaired) electrons. The maximum atomic E-state index is 12.7. The smallest absolute Gasteiger partial charge is 0.274 e. The molecule has 0 bridgehead atoms. The van der Waals surface area contributed by atoms with Crippen LogP contribution >= 0.6 is 0 Å². The zero-order valence-electron chi connectivity index (χ0n) is 15.5. The molecule has 4 rings (SSSR count). The van der Waals surface area contributed by atoms with E-state index in [9.17, 15) is 9.59 Å². The van der Waals surface area contributed by atoms with Gasteiger partial charge in [-0.3, -0.25) is 9.59 Å². The number of amides is 1. The van der Waals surface area contributed by atoms with E-state index in [1.807, 2.05) is 6.07 Å². The first-order chi connectivity index (χ1) is 13.0. The van der Waals surface area contributed by atoms with Gasteiger partial charge in [0.2, 0.25) is 0 Å². The highest BCUT2D eigenvalue weighted by Gasteiger charge is 2.17. The Bertz CT molecular complexity index is 1090. The second kappa shape index (κ2) is 6.87. The summed E-state index contributed by atoms with van der Waals surface area (Å²) < 4.78 is 1.21. The molecule has 1 N–H and O–H groups in total. The molecule has 27 heavy (non-hydrogen) atoms. The lowest BCUT2D eigenvalue weighted by Gasteiger charge is -2.27. The van der Waals surface area contributed by atoms with Crippen LogP contribution in [0.4, 0.5) is 5.69 Å². The second-order valence-corrected chi connectivity index (χ2v) is 6.99. The average molecular weight is 362 g/mol. The first-order valence-electron chi connectivity index (χ1n) is 9.12. The largest absolute Gasteiger partial charge is 0.374 e. The van der Waals surface area contributed by atoms with E-state index in [4.69, 9.17) is 0 Å². The van der Waals surface area contributed by atoms with E-state index in [2.05, 4.69) is 34.5 Å². The van der Waals surface area contributed by atoms with Crippen LogP contribution in [0.5, 0.6) is 0 Å². The molecule has 2 heterocycles. The summed E-state index contributed by atoms with van der Waals surface area (Å²) >= 11 is 0. The zero-order chi connectivity index (χ0) is 19.0. The summed E-state index contributed by atoms with van der Waals surface area (Å²) in [5.41, 5.74) is 3.71. The number of carbonyl (C=O) groups excluding carboxylic acids is 1. The molecule has 6 nitrogen and oxygen atoms in total. The number of nitrogens with zero attached hydrogens (tertiary/aromatic N) is 3. The second-order valence-electron chi connectivity index (χ2n) is 6.99. The number of hydrogen-bond acceptors (Lipinski definition) is 4. The molecular weight excluding hydrogens is 340 g/mol. The quantitative estimate of drug-likeness (QED) is 0.776. The van der Waals surface area contributed by atoms with Crippen molar-refractivity contribution in [2.75, 3.05) is 18.5 Å². The van der Waals surface area contributed by atoms with Crippen molar-refractivity contribution in [2.24, 2.45) is 7.05 Å². The van der Waals surface area contributed by atoms with Gasteiger partial charge >= 0.3 is 0 Å². The fraction of sp³-hybridized carbons (Fsp3) is 0.286. The molecule has 0 saturated heterocycles. The van der Waals surface area contributed by atoms with E-state index in [0.29, 0.717) is 17.3 Å². The molecule has 6 heteroatoms. The molecule has 2 aromatic carbocycles. The van der Waals surface area contributed by atoms with Crippen LogP contribution in [-0.4, -0.2) is 29.3 Å². The van der Waals surface area contributed by atoms with Gasteiger partial charge < -0.3 is 10.2 Å². The molecule has 1 amide bonds. The number of nitrogens with one attached hydrogen (secondary N) is 1. The fourth-order valence-corrected chi connectivity index (χ4v) is 3.68. The highest BCUT2D eigenvalue weighted by atomic mass is 16.2. The van der Waals surface area contributed by atoms with Crippen molar-refractivity contribution in [1.29, 1.82) is 0 Å². The SMILES string of the molecule is CN1CCCc2cc(CNC(=O)c3nn(C)c(=O)c4ccccc34)ccc21. The summed E-state index contributed by atoms with van der Waals surface area (Å²) in [6, 6.07) is 13.4. The summed E-state index contributed by atoms with van der Waals surface area (Å²) in [5.74, 6) is -0.281. The van der Waals surface area contributed by atoms with Gasteiger partial charge in [0.05, 0.1) is 5.39 Å². The van der Waals surface area contributed by atoms with Crippen molar-refractivity contribution >= 4 is 22.4 Å². The third-order valence-corrected chi connectivity index (χ3v) is 5.12. The number of aryl methyl sites for hydroxylation is 2. The third kappa shape index (κ3) is 3.18. The molecule has 0 unspecified atom stereocenters. The molecule has 3 aromatic rings. The number of anilines is 1. The van der Waals surface area contributed by atoms with Crippen LogP contribution in [-0.2, 0) is 20.0 Å². The van der Waals surface area contributed by atoms with Crippen LogP contribution in [0.3, 0.4) is 0 Å². The topological polar surface area (TPSA) is 67.2 Å². The van der Waals surface area contributed by atoms with E-state index in [-0.39, 0.29) is 17.2 Å². The van der Waals surface area contributed by atoms with Gasteiger partial charge in [0, 0.05) is 38.3 Å². The number of benzene rings is 2. The predicted octanol–water partition coefficient (Wildman–Crippen LogP) is 2.25. The Kier molecular flexibility index (Phi) is 4.39. The van der Waals surface area contributed by atoms with E-state index in [0.717, 1.165) is 24.9 Å². The summed E-state index contributed by atoms with van der Waals surface area (Å²) in [6.07, 6.45) is 2.21. The Labute approximate surface area is 157 Å². The third-order valence-electron chi connectivity index (χ3n) is 5.12. The predicted molar refractivity (Wildman–Crippen MR) is 106 cm³/mol. The van der Waals surface area contributed by atoms with Gasteiger partial charge in [-0.2, -0.15) is 5.10 Å². The van der Waals surface area contributed by atoms with Crippen LogP contribution in [0.25, 0.3) is 10.8 Å². The molecule has 1 aliphatic heterocycles. The Hall–Kier alpha value is -3.15. The van der Waals surface area contributed by atoms with Gasteiger partial charge in [-0.05, 0) is 36.1 Å². The lowest BCUT2D eigenvalue weighted by Crippen LogP contribution is -2.29. The van der Waals surface area contributed by atoms with E-state index >= 15 is 0 Å². The van der Waals surface area contributed by atoms with Crippen LogP contribution in [0.1, 0.15) is 28.0 Å². The molecular formula is C21H22N4O2. The zero-order valence-corrected chi connectivity index (χ0v) is 15.5. The molecule has 0 spiro atoms. The molecule has 1 aliphatic rings. The summed E-state index contributed by atoms with van der Waals surface area (Å²) in [5, 5.41) is 8.19. The fourth-order valence-electron chi connectivity index (χ4n) is 3.68. The van der Waals surface area contributed by atoms with Crippen LogP contribution in [0.15, 0.2) is 47.3 Å². The number of aromatic nitrogens is 2. The number of fused-ring (bicyclic) bond motifs is 2. The van der Waals surface area contributed by atoms with Gasteiger partial charge in [-0.1, -0.05) is 30.3 Å². The van der Waals surface area contributed by atoms with Gasteiger partial charge in [0.25, 0.3) is 11.5 Å². The lowest BCUT2D eigenvalue weighted by molar-refractivity contribution is 0.0945. The molecule has 138 valence electrons. The molecule has 0 saturated carbocycles. The Balaban J connectivity index is 1.58. The lowest BCUT2D eigenvalue weighted by atomic mass is 9.99. The van der Waals surface area contributed by atoms with Gasteiger partial charge in [0.15, 0.2) is 5.69 Å². The van der Waals surface area contributed by atoms with Gasteiger partial charge in [-0.25, -0.2) is 4.68 Å². The monoisotopic (exact) mass is 362 g/mol. The minimum atomic E-state index is -0.281. The van der Waals surface area contributed by atoms with Crippen molar-refractivity contribution in [3.8, 4) is 0 Å². The highest BCUT2D eigenvalue weighted by molar-refractivity contribution is 6.04. The summed E-state index contributed by atoms with van der Waals surface area (Å²) in [7, 11) is 3.67. The Morgan fingerprint density at radius 1 is 1.15 bits per heavy atom.